The van der Waals surface area contributed by atoms with Gasteiger partial charge < -0.3 is 10.0 Å². The average Bonchev–Trinajstić information content (AvgIpc) is 3.04. The van der Waals surface area contributed by atoms with Crippen LogP contribution >= 0.6 is 11.3 Å². The van der Waals surface area contributed by atoms with Crippen molar-refractivity contribution in [2.45, 2.75) is 12.8 Å². The Hall–Kier alpha value is -1.99. The standard InChI is InChI=1S/C15H18N4O2S/c20-9-11-3-6-19(7-4-11)15(21)18-14-17-13(10-22-14)12-2-1-5-16-8-12/h1-2,5,8,10-11,20H,3-4,6-7,9H2,(H,17,18,21). The van der Waals surface area contributed by atoms with Gasteiger partial charge in [-0.15, -0.1) is 11.3 Å². The molecule has 6 nitrogen and oxygen atoms in total. The van der Waals surface area contributed by atoms with Crippen LogP contribution in [-0.2, 0) is 0 Å². The number of rotatable bonds is 3. The molecule has 0 saturated carbocycles. The number of aliphatic hydroxyl groups excluding tert-OH is 1. The molecule has 0 aromatic carbocycles. The quantitative estimate of drug-likeness (QED) is 0.911. The first kappa shape index (κ1) is 14.9. The summed E-state index contributed by atoms with van der Waals surface area (Å²) in [4.78, 5) is 22.5. The molecule has 22 heavy (non-hydrogen) atoms. The summed E-state index contributed by atoms with van der Waals surface area (Å²) in [5, 5.41) is 14.5. The predicted octanol–water partition coefficient (Wildman–Crippen LogP) is 2.44. The minimum atomic E-state index is -0.122. The number of likely N-dealkylation sites (tertiary alicyclic amines) is 1. The highest BCUT2D eigenvalue weighted by atomic mass is 32.1. The van der Waals surface area contributed by atoms with Crippen molar-refractivity contribution < 1.29 is 9.90 Å². The third-order valence-electron chi connectivity index (χ3n) is 3.84. The number of pyridine rings is 1. The van der Waals surface area contributed by atoms with E-state index in [-0.39, 0.29) is 12.6 Å². The summed E-state index contributed by atoms with van der Waals surface area (Å²) in [6.07, 6.45) is 5.17. The van der Waals surface area contributed by atoms with E-state index in [4.69, 9.17) is 5.11 Å². The van der Waals surface area contributed by atoms with Gasteiger partial charge in [0.15, 0.2) is 5.13 Å². The van der Waals surface area contributed by atoms with E-state index >= 15 is 0 Å². The molecular formula is C15H18N4O2S. The second-order valence-electron chi connectivity index (χ2n) is 5.32. The second kappa shape index (κ2) is 6.85. The van der Waals surface area contributed by atoms with Crippen LogP contribution in [0.25, 0.3) is 11.3 Å². The smallest absolute Gasteiger partial charge is 0.323 e. The summed E-state index contributed by atoms with van der Waals surface area (Å²) in [5.41, 5.74) is 1.75. The summed E-state index contributed by atoms with van der Waals surface area (Å²) in [7, 11) is 0. The molecule has 0 spiro atoms. The maximum absolute atomic E-state index is 12.2. The van der Waals surface area contributed by atoms with E-state index < -0.39 is 0 Å². The van der Waals surface area contributed by atoms with Gasteiger partial charge in [0.25, 0.3) is 0 Å². The van der Waals surface area contributed by atoms with Gasteiger partial charge in [-0.2, -0.15) is 0 Å². The lowest BCUT2D eigenvalue weighted by Crippen LogP contribution is -2.41. The summed E-state index contributed by atoms with van der Waals surface area (Å²) in [5.74, 6) is 0.320. The van der Waals surface area contributed by atoms with Gasteiger partial charge in [-0.3, -0.25) is 10.3 Å². The highest BCUT2D eigenvalue weighted by Gasteiger charge is 2.22. The van der Waals surface area contributed by atoms with Crippen molar-refractivity contribution >= 4 is 22.5 Å². The van der Waals surface area contributed by atoms with Gasteiger partial charge in [-0.05, 0) is 30.9 Å². The lowest BCUT2D eigenvalue weighted by atomic mass is 9.98. The van der Waals surface area contributed by atoms with Crippen molar-refractivity contribution in [1.29, 1.82) is 0 Å². The Bertz CT molecular complexity index is 623. The van der Waals surface area contributed by atoms with Crippen molar-refractivity contribution in [3.8, 4) is 11.3 Å². The van der Waals surface area contributed by atoms with Gasteiger partial charge >= 0.3 is 6.03 Å². The molecule has 3 rings (SSSR count). The molecule has 2 N–H and O–H groups in total. The summed E-state index contributed by atoms with van der Waals surface area (Å²) in [6.45, 7) is 1.56. The van der Waals surface area contributed by atoms with Crippen LogP contribution in [-0.4, -0.2) is 45.7 Å². The molecule has 0 unspecified atom stereocenters. The maximum atomic E-state index is 12.2. The minimum Gasteiger partial charge on any atom is -0.396 e. The third-order valence-corrected chi connectivity index (χ3v) is 4.59. The molecule has 116 valence electrons. The highest BCUT2D eigenvalue weighted by Crippen LogP contribution is 2.25. The van der Waals surface area contributed by atoms with Gasteiger partial charge in [-0.1, -0.05) is 0 Å². The van der Waals surface area contributed by atoms with Crippen LogP contribution in [0.15, 0.2) is 29.9 Å². The molecule has 1 aliphatic rings. The molecule has 7 heteroatoms. The molecule has 1 aliphatic heterocycles. The largest absolute Gasteiger partial charge is 0.396 e. The minimum absolute atomic E-state index is 0.122. The predicted molar refractivity (Wildman–Crippen MR) is 85.7 cm³/mol. The molecule has 0 bridgehead atoms. The number of carbonyl (C=O) groups is 1. The topological polar surface area (TPSA) is 78.4 Å². The zero-order valence-electron chi connectivity index (χ0n) is 12.1. The molecule has 2 amide bonds. The summed E-state index contributed by atoms with van der Waals surface area (Å²) < 4.78 is 0. The Balaban J connectivity index is 1.60. The SMILES string of the molecule is O=C(Nc1nc(-c2cccnc2)cs1)N1CCC(CO)CC1. The number of nitrogens with one attached hydrogen (secondary N) is 1. The van der Waals surface area contributed by atoms with E-state index in [0.29, 0.717) is 24.1 Å². The van der Waals surface area contributed by atoms with Crippen LogP contribution in [0.3, 0.4) is 0 Å². The first-order valence-electron chi connectivity index (χ1n) is 7.29. The van der Waals surface area contributed by atoms with Gasteiger partial charge in [0.2, 0.25) is 0 Å². The Morgan fingerprint density at radius 2 is 2.27 bits per heavy atom. The summed E-state index contributed by atoms with van der Waals surface area (Å²) >= 11 is 1.40. The molecule has 3 heterocycles. The lowest BCUT2D eigenvalue weighted by Gasteiger charge is -2.30. The number of hydrogen-bond donors (Lipinski definition) is 2. The molecule has 2 aromatic heterocycles. The van der Waals surface area contributed by atoms with E-state index in [9.17, 15) is 4.79 Å². The maximum Gasteiger partial charge on any atom is 0.323 e. The fourth-order valence-corrected chi connectivity index (χ4v) is 3.18. The molecule has 1 saturated heterocycles. The highest BCUT2D eigenvalue weighted by molar-refractivity contribution is 7.14. The zero-order chi connectivity index (χ0) is 15.4. The first-order valence-corrected chi connectivity index (χ1v) is 8.17. The number of anilines is 1. The van der Waals surface area contributed by atoms with E-state index in [2.05, 4.69) is 15.3 Å². The van der Waals surface area contributed by atoms with E-state index in [1.165, 1.54) is 11.3 Å². The number of piperidine rings is 1. The fourth-order valence-electron chi connectivity index (χ4n) is 2.47. The molecule has 0 aliphatic carbocycles. The molecule has 1 fully saturated rings. The number of carbonyl (C=O) groups excluding carboxylic acids is 1. The van der Waals surface area contributed by atoms with Crippen LogP contribution in [0, 0.1) is 5.92 Å². The molecule has 0 atom stereocenters. The normalized spacial score (nSPS) is 15.8. The number of urea groups is 1. The Labute approximate surface area is 132 Å². The number of nitrogens with zero attached hydrogens (tertiary/aromatic N) is 3. The van der Waals surface area contributed by atoms with Crippen molar-refractivity contribution in [2.75, 3.05) is 25.0 Å². The van der Waals surface area contributed by atoms with Crippen molar-refractivity contribution in [2.24, 2.45) is 5.92 Å². The van der Waals surface area contributed by atoms with Crippen LogP contribution in [0.4, 0.5) is 9.93 Å². The second-order valence-corrected chi connectivity index (χ2v) is 6.18. The fraction of sp³-hybridized carbons (Fsp3) is 0.400. The summed E-state index contributed by atoms with van der Waals surface area (Å²) in [6, 6.07) is 3.68. The van der Waals surface area contributed by atoms with Crippen molar-refractivity contribution in [1.82, 2.24) is 14.9 Å². The zero-order valence-corrected chi connectivity index (χ0v) is 12.9. The van der Waals surface area contributed by atoms with Crippen molar-refractivity contribution in [3.63, 3.8) is 0 Å². The lowest BCUT2D eigenvalue weighted by molar-refractivity contribution is 0.143. The first-order chi connectivity index (χ1) is 10.8. The van der Waals surface area contributed by atoms with E-state index in [0.717, 1.165) is 24.1 Å². The number of aliphatic hydroxyl groups is 1. The Morgan fingerprint density at radius 1 is 1.45 bits per heavy atom. The number of aromatic nitrogens is 2. The third kappa shape index (κ3) is 3.42. The molecular weight excluding hydrogens is 300 g/mol. The number of amides is 2. The van der Waals surface area contributed by atoms with Crippen LogP contribution < -0.4 is 5.32 Å². The van der Waals surface area contributed by atoms with Crippen LogP contribution in [0.2, 0.25) is 0 Å². The van der Waals surface area contributed by atoms with Crippen LogP contribution in [0.1, 0.15) is 12.8 Å². The van der Waals surface area contributed by atoms with Gasteiger partial charge in [0, 0.05) is 43.0 Å². The van der Waals surface area contributed by atoms with Crippen LogP contribution in [0.5, 0.6) is 0 Å². The van der Waals surface area contributed by atoms with Gasteiger partial charge in [0.05, 0.1) is 5.69 Å². The number of hydrogen-bond acceptors (Lipinski definition) is 5. The van der Waals surface area contributed by atoms with Gasteiger partial charge in [-0.25, -0.2) is 9.78 Å². The van der Waals surface area contributed by atoms with Crippen molar-refractivity contribution in [3.05, 3.63) is 29.9 Å². The number of thiazole rings is 1. The monoisotopic (exact) mass is 318 g/mol. The molecule has 2 aromatic rings. The average molecular weight is 318 g/mol. The molecule has 0 radical (unpaired) electrons. The van der Waals surface area contributed by atoms with Gasteiger partial charge in [0.1, 0.15) is 0 Å². The van der Waals surface area contributed by atoms with E-state index in [1.54, 1.807) is 17.3 Å². The Kier molecular flexibility index (Phi) is 4.65. The Morgan fingerprint density at radius 3 is 2.95 bits per heavy atom. The van der Waals surface area contributed by atoms with E-state index in [1.807, 2.05) is 17.5 Å².